The number of non-ortho nitro benzene ring substituents is 1. The molecule has 0 aliphatic carbocycles. The van der Waals surface area contributed by atoms with Gasteiger partial charge in [0.15, 0.2) is 6.23 Å². The molecule has 1 aliphatic rings. The lowest BCUT2D eigenvalue weighted by Crippen LogP contribution is -2.10. The third kappa shape index (κ3) is 1.31. The van der Waals surface area contributed by atoms with Gasteiger partial charge in [0.2, 0.25) is 0 Å². The Bertz CT molecular complexity index is 416. The minimum absolute atomic E-state index is 0.0540. The zero-order chi connectivity index (χ0) is 10.1. The van der Waals surface area contributed by atoms with Crippen molar-refractivity contribution in [2.45, 2.75) is 6.23 Å². The third-order valence-electron chi connectivity index (χ3n) is 1.96. The smallest absolute Gasteiger partial charge is 0.270 e. The van der Waals surface area contributed by atoms with Gasteiger partial charge in [-0.25, -0.2) is 4.99 Å². The Morgan fingerprint density at radius 1 is 1.57 bits per heavy atom. The molecule has 1 atom stereocenters. The molecule has 0 aromatic heterocycles. The number of aliphatic hydroxyl groups is 1. The van der Waals surface area contributed by atoms with Crippen molar-refractivity contribution in [3.8, 4) is 0 Å². The standard InChI is InChI=1S/C8H7N3O3/c12-8-6-3-5(11(13)14)1-2-7(6)9-4-10-8/h1-4,8,12H,(H,9,10). The van der Waals surface area contributed by atoms with Crippen molar-refractivity contribution in [2.75, 3.05) is 5.32 Å². The van der Waals surface area contributed by atoms with Crippen LogP contribution in [0.15, 0.2) is 23.2 Å². The second-order valence-electron chi connectivity index (χ2n) is 2.82. The number of hydrogen-bond donors (Lipinski definition) is 2. The molecule has 1 aliphatic heterocycles. The number of nitro benzene ring substituents is 1. The molecular formula is C8H7N3O3. The maximum absolute atomic E-state index is 10.5. The van der Waals surface area contributed by atoms with E-state index in [1.54, 1.807) is 6.07 Å². The summed E-state index contributed by atoms with van der Waals surface area (Å²) in [6.45, 7) is 0. The van der Waals surface area contributed by atoms with E-state index in [0.29, 0.717) is 11.3 Å². The van der Waals surface area contributed by atoms with Crippen LogP contribution in [0.3, 0.4) is 0 Å². The summed E-state index contributed by atoms with van der Waals surface area (Å²) in [6.07, 6.45) is 0.338. The predicted molar refractivity (Wildman–Crippen MR) is 50.2 cm³/mol. The van der Waals surface area contributed by atoms with Gasteiger partial charge in [0.1, 0.15) is 0 Å². The van der Waals surface area contributed by atoms with Gasteiger partial charge in [-0.15, -0.1) is 0 Å². The van der Waals surface area contributed by atoms with Crippen LogP contribution in [0, 0.1) is 10.1 Å². The Balaban J connectivity index is 2.49. The normalized spacial score (nSPS) is 18.5. The highest BCUT2D eigenvalue weighted by atomic mass is 16.6. The number of aliphatic imine (C=N–C) groups is 1. The first-order chi connectivity index (χ1) is 6.68. The number of aliphatic hydroxyl groups excluding tert-OH is 1. The van der Waals surface area contributed by atoms with Gasteiger partial charge < -0.3 is 10.4 Å². The molecule has 0 spiro atoms. The molecule has 1 aromatic rings. The van der Waals surface area contributed by atoms with Gasteiger partial charge in [-0.1, -0.05) is 0 Å². The number of benzene rings is 1. The first-order valence-corrected chi connectivity index (χ1v) is 3.93. The fourth-order valence-electron chi connectivity index (χ4n) is 1.27. The summed E-state index contributed by atoms with van der Waals surface area (Å²) in [5.41, 5.74) is 1.00. The molecule has 1 aromatic carbocycles. The van der Waals surface area contributed by atoms with Gasteiger partial charge in [-0.2, -0.15) is 0 Å². The third-order valence-corrected chi connectivity index (χ3v) is 1.96. The molecule has 1 heterocycles. The number of rotatable bonds is 1. The molecule has 1 unspecified atom stereocenters. The van der Waals surface area contributed by atoms with Crippen LogP contribution < -0.4 is 5.32 Å². The minimum Gasteiger partial charge on any atom is -0.368 e. The highest BCUT2D eigenvalue weighted by Crippen LogP contribution is 2.29. The van der Waals surface area contributed by atoms with Crippen molar-refractivity contribution in [3.63, 3.8) is 0 Å². The maximum atomic E-state index is 10.5. The van der Waals surface area contributed by atoms with Crippen LogP contribution in [0.4, 0.5) is 11.4 Å². The molecule has 0 amide bonds. The molecule has 14 heavy (non-hydrogen) atoms. The Kier molecular flexibility index (Phi) is 1.90. The molecule has 0 saturated carbocycles. The predicted octanol–water partition coefficient (Wildman–Crippen LogP) is 1.04. The van der Waals surface area contributed by atoms with Crippen molar-refractivity contribution in [3.05, 3.63) is 33.9 Å². The van der Waals surface area contributed by atoms with E-state index < -0.39 is 11.2 Å². The van der Waals surface area contributed by atoms with E-state index >= 15 is 0 Å². The first-order valence-electron chi connectivity index (χ1n) is 3.93. The Labute approximate surface area is 79.0 Å². The molecule has 2 N–H and O–H groups in total. The zero-order valence-electron chi connectivity index (χ0n) is 7.04. The van der Waals surface area contributed by atoms with Gasteiger partial charge in [0.05, 0.1) is 11.3 Å². The van der Waals surface area contributed by atoms with Crippen molar-refractivity contribution < 1.29 is 10.0 Å². The molecule has 72 valence electrons. The molecule has 0 saturated heterocycles. The SMILES string of the molecule is O=[N+]([O-])c1ccc2c(c1)C(O)N=CN2. The lowest BCUT2D eigenvalue weighted by atomic mass is 10.1. The highest BCUT2D eigenvalue weighted by molar-refractivity contribution is 5.80. The van der Waals surface area contributed by atoms with Crippen molar-refractivity contribution in [1.82, 2.24) is 0 Å². The van der Waals surface area contributed by atoms with E-state index in [0.717, 1.165) is 0 Å². The summed E-state index contributed by atoms with van der Waals surface area (Å²) >= 11 is 0. The van der Waals surface area contributed by atoms with E-state index in [1.807, 2.05) is 0 Å². The van der Waals surface area contributed by atoms with Crippen LogP contribution >= 0.6 is 0 Å². The summed E-state index contributed by atoms with van der Waals surface area (Å²) in [5.74, 6) is 0. The lowest BCUT2D eigenvalue weighted by molar-refractivity contribution is -0.385. The second-order valence-corrected chi connectivity index (χ2v) is 2.82. The largest absolute Gasteiger partial charge is 0.368 e. The number of fused-ring (bicyclic) bond motifs is 1. The maximum Gasteiger partial charge on any atom is 0.270 e. The lowest BCUT2D eigenvalue weighted by Gasteiger charge is -2.15. The average Bonchev–Trinajstić information content (AvgIpc) is 2.18. The van der Waals surface area contributed by atoms with Crippen LogP contribution in [-0.4, -0.2) is 16.4 Å². The van der Waals surface area contributed by atoms with Crippen LogP contribution in [0.1, 0.15) is 11.8 Å². The number of nitrogens with zero attached hydrogens (tertiary/aromatic N) is 2. The van der Waals surface area contributed by atoms with Gasteiger partial charge in [0, 0.05) is 23.4 Å². The average molecular weight is 193 g/mol. The van der Waals surface area contributed by atoms with Gasteiger partial charge in [-0.3, -0.25) is 10.1 Å². The van der Waals surface area contributed by atoms with Gasteiger partial charge in [0.25, 0.3) is 5.69 Å². The van der Waals surface area contributed by atoms with Crippen LogP contribution in [0.25, 0.3) is 0 Å². The summed E-state index contributed by atoms with van der Waals surface area (Å²) in [6, 6.07) is 4.23. The quantitative estimate of drug-likeness (QED) is 0.515. The fraction of sp³-hybridized carbons (Fsp3) is 0.125. The Morgan fingerprint density at radius 2 is 2.36 bits per heavy atom. The van der Waals surface area contributed by atoms with E-state index in [2.05, 4.69) is 10.3 Å². The number of anilines is 1. The summed E-state index contributed by atoms with van der Waals surface area (Å²) in [7, 11) is 0. The molecular weight excluding hydrogens is 186 g/mol. The van der Waals surface area contributed by atoms with Gasteiger partial charge >= 0.3 is 0 Å². The number of nitrogens with one attached hydrogen (secondary N) is 1. The van der Waals surface area contributed by atoms with E-state index in [4.69, 9.17) is 0 Å². The molecule has 0 fully saturated rings. The fourth-order valence-corrected chi connectivity index (χ4v) is 1.27. The van der Waals surface area contributed by atoms with Crippen LogP contribution in [-0.2, 0) is 0 Å². The number of hydrogen-bond acceptors (Lipinski definition) is 5. The molecule has 0 radical (unpaired) electrons. The molecule has 2 rings (SSSR count). The van der Waals surface area contributed by atoms with Crippen LogP contribution in [0.2, 0.25) is 0 Å². The van der Waals surface area contributed by atoms with Crippen molar-refractivity contribution in [1.29, 1.82) is 0 Å². The summed E-state index contributed by atoms with van der Waals surface area (Å²) < 4.78 is 0. The first kappa shape index (κ1) is 8.64. The highest BCUT2D eigenvalue weighted by Gasteiger charge is 2.18. The molecule has 6 heteroatoms. The Morgan fingerprint density at radius 3 is 3.07 bits per heavy atom. The van der Waals surface area contributed by atoms with Crippen molar-refractivity contribution >= 4 is 17.7 Å². The van der Waals surface area contributed by atoms with E-state index in [1.165, 1.54) is 18.5 Å². The Hall–Kier alpha value is -1.95. The summed E-state index contributed by atoms with van der Waals surface area (Å²) in [4.78, 5) is 13.6. The zero-order valence-corrected chi connectivity index (χ0v) is 7.04. The molecule has 6 nitrogen and oxygen atoms in total. The summed E-state index contributed by atoms with van der Waals surface area (Å²) in [5, 5.41) is 22.7. The van der Waals surface area contributed by atoms with E-state index in [9.17, 15) is 15.2 Å². The van der Waals surface area contributed by atoms with E-state index in [-0.39, 0.29) is 5.69 Å². The second kappa shape index (κ2) is 3.08. The van der Waals surface area contributed by atoms with Gasteiger partial charge in [-0.05, 0) is 6.07 Å². The minimum atomic E-state index is -1.02. The monoisotopic (exact) mass is 193 g/mol. The van der Waals surface area contributed by atoms with Crippen LogP contribution in [0.5, 0.6) is 0 Å². The number of nitro groups is 1. The topological polar surface area (TPSA) is 87.8 Å². The molecule has 0 bridgehead atoms. The van der Waals surface area contributed by atoms with Crippen molar-refractivity contribution in [2.24, 2.45) is 4.99 Å².